The van der Waals surface area contributed by atoms with Gasteiger partial charge in [-0.1, -0.05) is 0 Å². The summed E-state index contributed by atoms with van der Waals surface area (Å²) in [5, 5.41) is 2.35. The number of pyridine rings is 1. The summed E-state index contributed by atoms with van der Waals surface area (Å²) in [7, 11) is 0. The van der Waals surface area contributed by atoms with Crippen LogP contribution in [0.15, 0.2) is 55.1 Å². The molecule has 0 unspecified atom stereocenters. The highest BCUT2D eigenvalue weighted by atomic mass is 19.4. The summed E-state index contributed by atoms with van der Waals surface area (Å²) in [5.74, 6) is -1.12. The van der Waals surface area contributed by atoms with Crippen LogP contribution in [0.5, 0.6) is 0 Å². The molecule has 172 valence electrons. The van der Waals surface area contributed by atoms with Gasteiger partial charge in [0.2, 0.25) is 0 Å². The molecule has 4 aromatic heterocycles. The Bertz CT molecular complexity index is 1590. The average Bonchev–Trinajstić information content (AvgIpc) is 3.36. The number of rotatable bonds is 3. The van der Waals surface area contributed by atoms with E-state index in [2.05, 4.69) is 20.3 Å². The second kappa shape index (κ2) is 7.54. The van der Waals surface area contributed by atoms with Crippen LogP contribution in [-0.4, -0.2) is 29.7 Å². The van der Waals surface area contributed by atoms with Gasteiger partial charge in [0.15, 0.2) is 0 Å². The zero-order valence-corrected chi connectivity index (χ0v) is 17.4. The number of aryl methyl sites for hydroxylation is 1. The second-order valence-electron chi connectivity index (χ2n) is 7.47. The molecule has 0 bridgehead atoms. The van der Waals surface area contributed by atoms with Crippen molar-refractivity contribution in [1.29, 1.82) is 0 Å². The van der Waals surface area contributed by atoms with Crippen molar-refractivity contribution in [2.75, 3.05) is 11.1 Å². The van der Waals surface area contributed by atoms with Crippen molar-refractivity contribution in [3.63, 3.8) is 0 Å². The lowest BCUT2D eigenvalue weighted by Gasteiger charge is -2.11. The van der Waals surface area contributed by atoms with E-state index in [0.29, 0.717) is 46.2 Å². The number of hydrogen-bond acceptors (Lipinski definition) is 5. The highest BCUT2D eigenvalue weighted by molar-refractivity contribution is 6.03. The van der Waals surface area contributed by atoms with Crippen molar-refractivity contribution < 1.29 is 22.4 Å². The quantitative estimate of drug-likeness (QED) is 0.383. The highest BCUT2D eigenvalue weighted by Gasteiger charge is 2.34. The largest absolute Gasteiger partial charge is 0.419 e. The molecule has 3 N–H and O–H groups in total. The van der Waals surface area contributed by atoms with Crippen LogP contribution in [0.25, 0.3) is 22.4 Å². The summed E-state index contributed by atoms with van der Waals surface area (Å²) in [4.78, 5) is 25.6. The second-order valence-corrected chi connectivity index (χ2v) is 7.47. The number of alkyl halides is 3. The number of halogens is 4. The van der Waals surface area contributed by atoms with E-state index < -0.39 is 23.5 Å². The number of aromatic nitrogens is 5. The molecule has 8 nitrogen and oxygen atoms in total. The maximum Gasteiger partial charge on any atom is 0.419 e. The molecular weight excluding hydrogens is 454 g/mol. The molecule has 0 saturated heterocycles. The molecule has 0 radical (unpaired) electrons. The van der Waals surface area contributed by atoms with Gasteiger partial charge in [-0.3, -0.25) is 13.6 Å². The molecule has 4 heterocycles. The van der Waals surface area contributed by atoms with E-state index in [9.17, 15) is 22.4 Å². The van der Waals surface area contributed by atoms with E-state index in [4.69, 9.17) is 5.73 Å². The number of carbonyl (C=O) groups is 1. The molecule has 0 aliphatic heterocycles. The van der Waals surface area contributed by atoms with Crippen LogP contribution in [0.2, 0.25) is 0 Å². The maximum absolute atomic E-state index is 13.5. The number of carbonyl (C=O) groups excluding carboxylic acids is 1. The number of nitrogens with one attached hydrogen (secondary N) is 1. The summed E-state index contributed by atoms with van der Waals surface area (Å²) >= 11 is 0. The van der Waals surface area contributed by atoms with Crippen molar-refractivity contribution in [3.05, 3.63) is 78.0 Å². The molecule has 0 atom stereocenters. The Morgan fingerprint density at radius 3 is 2.65 bits per heavy atom. The number of nitrogens with zero attached hydrogens (tertiary/aromatic N) is 5. The van der Waals surface area contributed by atoms with Crippen LogP contribution in [0.3, 0.4) is 0 Å². The van der Waals surface area contributed by atoms with E-state index in [0.717, 1.165) is 6.07 Å². The maximum atomic E-state index is 13.5. The van der Waals surface area contributed by atoms with Gasteiger partial charge in [-0.15, -0.1) is 0 Å². The number of nitrogen functional groups attached to an aromatic ring is 1. The molecule has 0 spiro atoms. The molecule has 0 saturated carbocycles. The molecule has 5 rings (SSSR count). The molecule has 0 aliphatic rings. The fourth-order valence-corrected chi connectivity index (χ4v) is 3.73. The Kier molecular flexibility index (Phi) is 4.74. The lowest BCUT2D eigenvalue weighted by atomic mass is 10.1. The topological polar surface area (TPSA) is 103 Å². The number of benzene rings is 1. The zero-order chi connectivity index (χ0) is 24.2. The van der Waals surface area contributed by atoms with Gasteiger partial charge in [0, 0.05) is 29.8 Å². The number of anilines is 2. The van der Waals surface area contributed by atoms with Gasteiger partial charge in [-0.05, 0) is 37.3 Å². The first-order valence-corrected chi connectivity index (χ1v) is 9.88. The number of amides is 1. The summed E-state index contributed by atoms with van der Waals surface area (Å²) in [6, 6.07) is 5.65. The third kappa shape index (κ3) is 3.49. The van der Waals surface area contributed by atoms with Gasteiger partial charge < -0.3 is 11.1 Å². The normalized spacial score (nSPS) is 11.9. The van der Waals surface area contributed by atoms with E-state index in [1.165, 1.54) is 10.6 Å². The monoisotopic (exact) mass is 469 g/mol. The fourth-order valence-electron chi connectivity index (χ4n) is 3.73. The first kappa shape index (κ1) is 21.4. The molecule has 1 aromatic carbocycles. The lowest BCUT2D eigenvalue weighted by molar-refractivity contribution is -0.139. The third-order valence-corrected chi connectivity index (χ3v) is 5.31. The van der Waals surface area contributed by atoms with Gasteiger partial charge in [-0.2, -0.15) is 13.2 Å². The summed E-state index contributed by atoms with van der Waals surface area (Å²) in [6.07, 6.45) is 1.30. The molecule has 12 heteroatoms. The fraction of sp³-hybridized carbons (Fsp3) is 0.0909. The van der Waals surface area contributed by atoms with Gasteiger partial charge >= 0.3 is 6.18 Å². The highest BCUT2D eigenvalue weighted by Crippen LogP contribution is 2.33. The predicted octanol–water partition coefficient (Wildman–Crippen LogP) is 4.34. The molecular formula is C22H15F4N7O. The first-order valence-electron chi connectivity index (χ1n) is 9.88. The number of fused-ring (bicyclic) bond motifs is 2. The minimum Gasteiger partial charge on any atom is -0.382 e. The molecule has 0 fully saturated rings. The van der Waals surface area contributed by atoms with Crippen LogP contribution in [0, 0.1) is 12.7 Å². The van der Waals surface area contributed by atoms with E-state index >= 15 is 0 Å². The Labute approximate surface area is 188 Å². The number of nitrogens with two attached hydrogens (primary N) is 1. The smallest absolute Gasteiger partial charge is 0.382 e. The summed E-state index contributed by atoms with van der Waals surface area (Å²) in [6.45, 7) is 1.83. The van der Waals surface area contributed by atoms with Gasteiger partial charge in [0.05, 0.1) is 11.8 Å². The van der Waals surface area contributed by atoms with E-state index in [1.54, 1.807) is 30.7 Å². The standard InChI is InChI=1S/C22H15F4N7O/c1-11-30-18(19-20(27)28-5-7-32(11)19)12-4-6-33-16(10-29-17(33)8-12)21(34)31-13-2-3-15(23)14(9-13)22(24,25)26/h2-10H,1H3,(H2,27,28)(H,31,34). The average molecular weight is 469 g/mol. The van der Waals surface area contributed by atoms with Crippen LogP contribution >= 0.6 is 0 Å². The van der Waals surface area contributed by atoms with Gasteiger partial charge in [0.25, 0.3) is 5.91 Å². The van der Waals surface area contributed by atoms with Crippen molar-refractivity contribution in [2.45, 2.75) is 13.1 Å². The Morgan fingerprint density at radius 1 is 1.09 bits per heavy atom. The van der Waals surface area contributed by atoms with Crippen molar-refractivity contribution >= 4 is 28.6 Å². The van der Waals surface area contributed by atoms with Crippen LogP contribution in [0.1, 0.15) is 21.9 Å². The van der Waals surface area contributed by atoms with Crippen LogP contribution < -0.4 is 11.1 Å². The van der Waals surface area contributed by atoms with E-state index in [-0.39, 0.29) is 11.4 Å². The van der Waals surface area contributed by atoms with Crippen LogP contribution in [-0.2, 0) is 6.18 Å². The zero-order valence-electron chi connectivity index (χ0n) is 17.4. The lowest BCUT2D eigenvalue weighted by Crippen LogP contribution is -2.15. The van der Waals surface area contributed by atoms with Gasteiger partial charge in [0.1, 0.15) is 40.0 Å². The Hall–Kier alpha value is -4.48. The summed E-state index contributed by atoms with van der Waals surface area (Å²) < 4.78 is 55.7. The van der Waals surface area contributed by atoms with Crippen molar-refractivity contribution in [1.82, 2.24) is 23.8 Å². The SMILES string of the molecule is Cc1nc(-c2ccn3c(C(=O)Nc4ccc(F)c(C(F)(F)F)c4)cnc3c2)c2c(N)nccn12. The number of imidazole rings is 2. The minimum atomic E-state index is -4.89. The molecule has 5 aromatic rings. The molecule has 1 amide bonds. The predicted molar refractivity (Wildman–Crippen MR) is 116 cm³/mol. The first-order chi connectivity index (χ1) is 16.1. The van der Waals surface area contributed by atoms with Crippen LogP contribution in [0.4, 0.5) is 29.1 Å². The Balaban J connectivity index is 1.49. The number of hydrogen-bond donors (Lipinski definition) is 2. The van der Waals surface area contributed by atoms with Crippen molar-refractivity contribution in [2.24, 2.45) is 0 Å². The molecule has 34 heavy (non-hydrogen) atoms. The minimum absolute atomic E-state index is 0.0755. The Morgan fingerprint density at radius 2 is 1.88 bits per heavy atom. The summed E-state index contributed by atoms with van der Waals surface area (Å²) in [5.41, 5.74) is 6.76. The van der Waals surface area contributed by atoms with Gasteiger partial charge in [-0.25, -0.2) is 19.3 Å². The molecule has 0 aliphatic carbocycles. The van der Waals surface area contributed by atoms with E-state index in [1.807, 2.05) is 11.3 Å². The third-order valence-electron chi connectivity index (χ3n) is 5.31. The van der Waals surface area contributed by atoms with Crippen molar-refractivity contribution in [3.8, 4) is 11.3 Å².